The molecule has 0 aliphatic carbocycles. The highest BCUT2D eigenvalue weighted by Gasteiger charge is 2.17. The number of carbonyl (C=O) groups excluding carboxylic acids is 1. The molecule has 0 aliphatic rings. The molecular formula is C17H13Cl2N5O. The molecule has 0 atom stereocenters. The van der Waals surface area contributed by atoms with Gasteiger partial charge >= 0.3 is 0 Å². The Morgan fingerprint density at radius 2 is 1.68 bits per heavy atom. The average molecular weight is 374 g/mol. The number of aromatic nitrogens is 2. The van der Waals surface area contributed by atoms with Gasteiger partial charge in [0.25, 0.3) is 5.91 Å². The molecule has 0 fully saturated rings. The van der Waals surface area contributed by atoms with Gasteiger partial charge in [0.2, 0.25) is 0 Å². The number of nitrogens with two attached hydrogens (primary N) is 1. The van der Waals surface area contributed by atoms with E-state index >= 15 is 0 Å². The van der Waals surface area contributed by atoms with Crippen molar-refractivity contribution in [3.63, 3.8) is 0 Å². The van der Waals surface area contributed by atoms with Crippen LogP contribution in [0.4, 0.5) is 5.69 Å². The Labute approximate surface area is 153 Å². The number of aromatic amines is 1. The quantitative estimate of drug-likeness (QED) is 0.480. The van der Waals surface area contributed by atoms with Crippen molar-refractivity contribution in [1.82, 2.24) is 15.6 Å². The summed E-state index contributed by atoms with van der Waals surface area (Å²) in [6.07, 6.45) is 1.50. The number of nitrogen functional groups attached to an aromatic ring is 1. The van der Waals surface area contributed by atoms with E-state index in [1.807, 2.05) is 0 Å². The number of nitrogens with zero attached hydrogens (tertiary/aromatic N) is 2. The van der Waals surface area contributed by atoms with E-state index in [1.165, 1.54) is 6.21 Å². The van der Waals surface area contributed by atoms with Crippen molar-refractivity contribution in [2.75, 3.05) is 5.73 Å². The zero-order chi connectivity index (χ0) is 17.8. The summed E-state index contributed by atoms with van der Waals surface area (Å²) in [7, 11) is 0. The third-order valence-corrected chi connectivity index (χ3v) is 3.90. The lowest BCUT2D eigenvalue weighted by Crippen LogP contribution is -2.19. The first-order valence-corrected chi connectivity index (χ1v) is 7.99. The monoisotopic (exact) mass is 373 g/mol. The number of carbonyl (C=O) groups is 1. The standard InChI is InChI=1S/C17H13Cl2N5O/c18-12-5-1-10(2-6-12)9-21-24-17(25)16-14(20)15(22-23-16)11-3-7-13(19)8-4-11/h1-9H,20H2,(H,22,23)(H,24,25)/b21-9+. The molecular weight excluding hydrogens is 361 g/mol. The number of hydrogen-bond donors (Lipinski definition) is 3. The molecule has 0 spiro atoms. The van der Waals surface area contributed by atoms with Crippen molar-refractivity contribution in [2.24, 2.45) is 5.10 Å². The van der Waals surface area contributed by atoms with Gasteiger partial charge in [-0.15, -0.1) is 0 Å². The number of halogens is 2. The summed E-state index contributed by atoms with van der Waals surface area (Å²) in [5.41, 5.74) is 10.8. The van der Waals surface area contributed by atoms with Crippen LogP contribution in [-0.2, 0) is 0 Å². The second-order valence-electron chi connectivity index (χ2n) is 5.12. The summed E-state index contributed by atoms with van der Waals surface area (Å²) >= 11 is 11.7. The van der Waals surface area contributed by atoms with Crippen LogP contribution in [-0.4, -0.2) is 22.3 Å². The first-order chi connectivity index (χ1) is 12.0. The van der Waals surface area contributed by atoms with Gasteiger partial charge in [-0.2, -0.15) is 10.2 Å². The zero-order valence-corrected chi connectivity index (χ0v) is 14.3. The first kappa shape index (κ1) is 17.0. The average Bonchev–Trinajstić information content (AvgIpc) is 2.99. The summed E-state index contributed by atoms with van der Waals surface area (Å²) in [4.78, 5) is 12.2. The molecule has 8 heteroatoms. The smallest absolute Gasteiger partial charge is 0.291 e. The second kappa shape index (κ2) is 7.38. The fraction of sp³-hybridized carbons (Fsp3) is 0. The first-order valence-electron chi connectivity index (χ1n) is 7.23. The van der Waals surface area contributed by atoms with E-state index in [1.54, 1.807) is 48.5 Å². The fourth-order valence-corrected chi connectivity index (χ4v) is 2.37. The van der Waals surface area contributed by atoms with E-state index in [-0.39, 0.29) is 11.4 Å². The third kappa shape index (κ3) is 3.99. The van der Waals surface area contributed by atoms with Crippen LogP contribution < -0.4 is 11.2 Å². The van der Waals surface area contributed by atoms with Gasteiger partial charge in [0, 0.05) is 15.6 Å². The number of benzene rings is 2. The van der Waals surface area contributed by atoms with Gasteiger partial charge < -0.3 is 5.73 Å². The molecule has 0 aliphatic heterocycles. The summed E-state index contributed by atoms with van der Waals surface area (Å²) in [5, 5.41) is 11.8. The second-order valence-corrected chi connectivity index (χ2v) is 5.99. The lowest BCUT2D eigenvalue weighted by Gasteiger charge is -2.00. The number of amides is 1. The fourth-order valence-electron chi connectivity index (χ4n) is 2.12. The van der Waals surface area contributed by atoms with Gasteiger partial charge in [-0.05, 0) is 29.8 Å². The number of nitrogens with one attached hydrogen (secondary N) is 2. The van der Waals surface area contributed by atoms with Gasteiger partial charge in [0.1, 0.15) is 11.4 Å². The van der Waals surface area contributed by atoms with Gasteiger partial charge in [0.05, 0.1) is 11.9 Å². The maximum Gasteiger partial charge on any atom is 0.291 e. The summed E-state index contributed by atoms with van der Waals surface area (Å²) in [6, 6.07) is 14.0. The molecule has 0 bridgehead atoms. The molecule has 0 unspecified atom stereocenters. The molecule has 1 aromatic heterocycles. The Balaban J connectivity index is 1.72. The van der Waals surface area contributed by atoms with Crippen LogP contribution in [0.2, 0.25) is 10.0 Å². The predicted octanol–water partition coefficient (Wildman–Crippen LogP) is 3.73. The van der Waals surface area contributed by atoms with Crippen molar-refractivity contribution in [3.8, 4) is 11.3 Å². The van der Waals surface area contributed by atoms with Crippen molar-refractivity contribution in [2.45, 2.75) is 0 Å². The highest BCUT2D eigenvalue weighted by molar-refractivity contribution is 6.30. The molecule has 1 heterocycles. The van der Waals surface area contributed by atoms with Crippen molar-refractivity contribution in [3.05, 3.63) is 69.8 Å². The van der Waals surface area contributed by atoms with Crippen molar-refractivity contribution >= 4 is 41.0 Å². The molecule has 6 nitrogen and oxygen atoms in total. The minimum Gasteiger partial charge on any atom is -0.395 e. The maximum atomic E-state index is 12.2. The van der Waals surface area contributed by atoms with E-state index in [9.17, 15) is 4.79 Å². The molecule has 0 saturated heterocycles. The van der Waals surface area contributed by atoms with E-state index in [4.69, 9.17) is 28.9 Å². The topological polar surface area (TPSA) is 96.2 Å². The molecule has 3 aromatic rings. The largest absolute Gasteiger partial charge is 0.395 e. The number of H-pyrrole nitrogens is 1. The van der Waals surface area contributed by atoms with Crippen molar-refractivity contribution < 1.29 is 4.79 Å². The van der Waals surface area contributed by atoms with Crippen LogP contribution in [0.25, 0.3) is 11.3 Å². The van der Waals surface area contributed by atoms with E-state index < -0.39 is 5.91 Å². The van der Waals surface area contributed by atoms with Crippen LogP contribution in [0, 0.1) is 0 Å². The molecule has 3 rings (SSSR count). The Morgan fingerprint density at radius 3 is 2.32 bits per heavy atom. The molecule has 126 valence electrons. The highest BCUT2D eigenvalue weighted by atomic mass is 35.5. The minimum absolute atomic E-state index is 0.137. The lowest BCUT2D eigenvalue weighted by atomic mass is 10.1. The third-order valence-electron chi connectivity index (χ3n) is 3.40. The van der Waals surface area contributed by atoms with E-state index in [0.29, 0.717) is 15.7 Å². The molecule has 25 heavy (non-hydrogen) atoms. The SMILES string of the molecule is Nc1c(-c2ccc(Cl)cc2)n[nH]c1C(=O)N/N=C/c1ccc(Cl)cc1. The maximum absolute atomic E-state index is 12.2. The van der Waals surface area contributed by atoms with Gasteiger partial charge in [-0.25, -0.2) is 5.43 Å². The molecule has 4 N–H and O–H groups in total. The Bertz CT molecular complexity index is 917. The van der Waals surface area contributed by atoms with Crippen molar-refractivity contribution in [1.29, 1.82) is 0 Å². The summed E-state index contributed by atoms with van der Waals surface area (Å²) in [6.45, 7) is 0. The zero-order valence-electron chi connectivity index (χ0n) is 12.8. The highest BCUT2D eigenvalue weighted by Crippen LogP contribution is 2.27. The van der Waals surface area contributed by atoms with Gasteiger partial charge in [-0.1, -0.05) is 47.5 Å². The normalized spacial score (nSPS) is 11.0. The number of hydrogen-bond acceptors (Lipinski definition) is 4. The van der Waals surface area contributed by atoms with E-state index in [2.05, 4.69) is 20.7 Å². The predicted molar refractivity (Wildman–Crippen MR) is 100.0 cm³/mol. The summed E-state index contributed by atoms with van der Waals surface area (Å²) < 4.78 is 0. The molecule has 0 radical (unpaired) electrons. The molecule has 1 amide bonds. The number of rotatable bonds is 4. The van der Waals surface area contributed by atoms with Crippen LogP contribution in [0.15, 0.2) is 53.6 Å². The number of anilines is 1. The van der Waals surface area contributed by atoms with Gasteiger partial charge in [0.15, 0.2) is 0 Å². The van der Waals surface area contributed by atoms with Gasteiger partial charge in [-0.3, -0.25) is 9.89 Å². The lowest BCUT2D eigenvalue weighted by molar-refractivity contribution is 0.0951. The Morgan fingerprint density at radius 1 is 1.08 bits per heavy atom. The molecule has 2 aromatic carbocycles. The Kier molecular flexibility index (Phi) is 5.02. The minimum atomic E-state index is -0.490. The number of hydrazone groups is 1. The van der Waals surface area contributed by atoms with E-state index in [0.717, 1.165) is 11.1 Å². The van der Waals surface area contributed by atoms with Crippen LogP contribution in [0.5, 0.6) is 0 Å². The molecule has 0 saturated carbocycles. The van der Waals surface area contributed by atoms with Crippen LogP contribution in [0.1, 0.15) is 16.1 Å². The summed E-state index contributed by atoms with van der Waals surface area (Å²) in [5.74, 6) is -0.490. The van der Waals surface area contributed by atoms with Crippen LogP contribution in [0.3, 0.4) is 0 Å². The van der Waals surface area contributed by atoms with Crippen LogP contribution >= 0.6 is 23.2 Å². The Hall–Kier alpha value is -2.83.